The maximum absolute atomic E-state index is 11.7. The van der Waals surface area contributed by atoms with Crippen molar-refractivity contribution in [2.24, 2.45) is 5.73 Å². The lowest BCUT2D eigenvalue weighted by Gasteiger charge is -2.28. The number of carbonyl (C=O) groups excluding carboxylic acids is 1. The predicted octanol–water partition coefficient (Wildman–Crippen LogP) is 1.97. The zero-order chi connectivity index (χ0) is 15.0. The fraction of sp³-hybridized carbons (Fsp3) is 0.188. The summed E-state index contributed by atoms with van der Waals surface area (Å²) in [5.74, 6) is 0.325. The molecule has 0 fully saturated rings. The zero-order valence-corrected chi connectivity index (χ0v) is 11.6. The van der Waals surface area contributed by atoms with Crippen LogP contribution in [0.5, 0.6) is 5.75 Å². The average Bonchev–Trinajstić information content (AvgIpc) is 2.52. The molecule has 2 aromatic rings. The van der Waals surface area contributed by atoms with Crippen LogP contribution in [-0.2, 0) is 11.2 Å². The number of fused-ring (bicyclic) bond motifs is 1. The number of nitrogens with two attached hydrogens (primary N) is 1. The van der Waals surface area contributed by atoms with Crippen LogP contribution >= 0.6 is 0 Å². The molecule has 0 unspecified atom stereocenters. The quantitative estimate of drug-likeness (QED) is 0.827. The minimum absolute atomic E-state index is 0.426. The summed E-state index contributed by atoms with van der Waals surface area (Å²) in [5.41, 5.74) is 9.14. The molecule has 0 radical (unpaired) electrons. The van der Waals surface area contributed by atoms with Gasteiger partial charge < -0.3 is 10.5 Å². The number of nitrogens with zero attached hydrogens (tertiary/aromatic N) is 1. The van der Waals surface area contributed by atoms with E-state index < -0.39 is 11.9 Å². The van der Waals surface area contributed by atoms with Crippen LogP contribution in [0.1, 0.15) is 5.56 Å². The van der Waals surface area contributed by atoms with Gasteiger partial charge in [-0.2, -0.15) is 5.06 Å². The molecule has 5 nitrogen and oxygen atoms in total. The molecule has 0 spiro atoms. The van der Waals surface area contributed by atoms with Crippen molar-refractivity contribution >= 4 is 11.6 Å². The minimum atomic E-state index is -0.700. The number of carbonyl (C=O) groups is 1. The molecule has 3 rings (SSSR count). The second kappa shape index (κ2) is 5.20. The van der Waals surface area contributed by atoms with E-state index in [1.165, 1.54) is 0 Å². The fourth-order valence-corrected chi connectivity index (χ4v) is 2.52. The molecule has 108 valence electrons. The molecule has 1 aliphatic rings. The van der Waals surface area contributed by atoms with Gasteiger partial charge in [0, 0.05) is 0 Å². The van der Waals surface area contributed by atoms with Gasteiger partial charge in [-0.3, -0.25) is 10.0 Å². The summed E-state index contributed by atoms with van der Waals surface area (Å²) in [4.78, 5) is 11.7. The Balaban J connectivity index is 1.99. The highest BCUT2D eigenvalue weighted by Crippen LogP contribution is 2.31. The van der Waals surface area contributed by atoms with Crippen LogP contribution in [0.2, 0.25) is 0 Å². The van der Waals surface area contributed by atoms with Crippen molar-refractivity contribution < 1.29 is 14.7 Å². The van der Waals surface area contributed by atoms with E-state index >= 15 is 0 Å². The molecular weight excluding hydrogens is 268 g/mol. The molecule has 1 amide bonds. The number of methoxy groups -OCH3 is 1. The number of benzene rings is 2. The zero-order valence-electron chi connectivity index (χ0n) is 11.6. The molecule has 0 saturated heterocycles. The Kier molecular flexibility index (Phi) is 3.37. The minimum Gasteiger partial charge on any atom is -0.497 e. The molecule has 1 aliphatic heterocycles. The summed E-state index contributed by atoms with van der Waals surface area (Å²) < 4.78 is 5.14. The molecule has 5 heteroatoms. The van der Waals surface area contributed by atoms with Gasteiger partial charge in [0.05, 0.1) is 18.8 Å². The van der Waals surface area contributed by atoms with Gasteiger partial charge in [0.1, 0.15) is 5.75 Å². The molecule has 1 heterocycles. The van der Waals surface area contributed by atoms with Crippen LogP contribution < -0.4 is 15.5 Å². The number of hydroxylamine groups is 1. The molecule has 0 saturated carbocycles. The third-order valence-electron chi connectivity index (χ3n) is 3.70. The van der Waals surface area contributed by atoms with Crippen molar-refractivity contribution in [2.75, 3.05) is 12.2 Å². The predicted molar refractivity (Wildman–Crippen MR) is 79.4 cm³/mol. The van der Waals surface area contributed by atoms with Crippen molar-refractivity contribution in [2.45, 2.75) is 12.5 Å². The third kappa shape index (κ3) is 2.37. The lowest BCUT2D eigenvalue weighted by molar-refractivity contribution is -0.125. The number of anilines is 1. The van der Waals surface area contributed by atoms with Gasteiger partial charge in [0.15, 0.2) is 0 Å². The largest absolute Gasteiger partial charge is 0.497 e. The topological polar surface area (TPSA) is 75.8 Å². The molecule has 0 bridgehead atoms. The Morgan fingerprint density at radius 2 is 1.86 bits per heavy atom. The second-order valence-electron chi connectivity index (χ2n) is 5.03. The number of hydrogen-bond acceptors (Lipinski definition) is 4. The lowest BCUT2D eigenvalue weighted by atomic mass is 9.95. The first-order valence-corrected chi connectivity index (χ1v) is 6.66. The maximum atomic E-state index is 11.7. The van der Waals surface area contributed by atoms with Crippen LogP contribution in [0.3, 0.4) is 0 Å². The first-order valence-electron chi connectivity index (χ1n) is 6.66. The Labute approximate surface area is 122 Å². The number of rotatable bonds is 2. The van der Waals surface area contributed by atoms with E-state index in [0.29, 0.717) is 17.2 Å². The standard InChI is InChI=1S/C16H16N2O3/c1-21-13-5-2-10(3-6-13)11-4-7-15-12(8-11)9-14(17)16(19)18(15)20/h2-8,14,20H,9,17H2,1H3/t14-/m0/s1. The summed E-state index contributed by atoms with van der Waals surface area (Å²) in [5, 5.41) is 10.5. The normalized spacial score (nSPS) is 17.6. The van der Waals surface area contributed by atoms with E-state index in [1.807, 2.05) is 36.4 Å². The van der Waals surface area contributed by atoms with E-state index in [-0.39, 0.29) is 0 Å². The Morgan fingerprint density at radius 3 is 2.52 bits per heavy atom. The molecule has 2 aromatic carbocycles. The highest BCUT2D eigenvalue weighted by Gasteiger charge is 2.29. The second-order valence-corrected chi connectivity index (χ2v) is 5.03. The van der Waals surface area contributed by atoms with Crippen molar-refractivity contribution in [1.29, 1.82) is 0 Å². The molecule has 0 aromatic heterocycles. The number of amides is 1. The van der Waals surface area contributed by atoms with Crippen molar-refractivity contribution in [1.82, 2.24) is 0 Å². The number of hydrogen-bond donors (Lipinski definition) is 2. The highest BCUT2D eigenvalue weighted by molar-refractivity contribution is 5.98. The van der Waals surface area contributed by atoms with E-state index in [9.17, 15) is 10.0 Å². The summed E-state index contributed by atoms with van der Waals surface area (Å²) >= 11 is 0. The van der Waals surface area contributed by atoms with Gasteiger partial charge in [-0.05, 0) is 47.4 Å². The Bertz CT molecular complexity index is 682. The number of ether oxygens (including phenoxy) is 1. The Morgan fingerprint density at radius 1 is 1.19 bits per heavy atom. The lowest BCUT2D eigenvalue weighted by Crippen LogP contribution is -2.47. The van der Waals surface area contributed by atoms with Crippen LogP contribution in [0.25, 0.3) is 11.1 Å². The summed E-state index contributed by atoms with van der Waals surface area (Å²) in [6, 6.07) is 12.6. The first kappa shape index (κ1) is 13.6. The molecule has 1 atom stereocenters. The van der Waals surface area contributed by atoms with Crippen LogP contribution in [0.15, 0.2) is 42.5 Å². The van der Waals surface area contributed by atoms with Crippen LogP contribution in [-0.4, -0.2) is 24.3 Å². The monoisotopic (exact) mass is 284 g/mol. The summed E-state index contributed by atoms with van der Waals surface area (Å²) in [6.45, 7) is 0. The molecule has 3 N–H and O–H groups in total. The van der Waals surface area contributed by atoms with Crippen LogP contribution in [0.4, 0.5) is 5.69 Å². The van der Waals surface area contributed by atoms with Gasteiger partial charge >= 0.3 is 0 Å². The van der Waals surface area contributed by atoms with Crippen LogP contribution in [0, 0.1) is 0 Å². The molecule has 21 heavy (non-hydrogen) atoms. The van der Waals surface area contributed by atoms with Crippen molar-refractivity contribution in [3.8, 4) is 16.9 Å². The Hall–Kier alpha value is -2.37. The van der Waals surface area contributed by atoms with Gasteiger partial charge in [-0.15, -0.1) is 0 Å². The SMILES string of the molecule is COc1ccc(-c2ccc3c(c2)C[C@H](N)C(=O)N3O)cc1. The van der Waals surface area contributed by atoms with Gasteiger partial charge in [-0.1, -0.05) is 18.2 Å². The molecular formula is C16H16N2O3. The van der Waals surface area contributed by atoms with E-state index in [2.05, 4.69) is 0 Å². The van der Waals surface area contributed by atoms with E-state index in [4.69, 9.17) is 10.5 Å². The van der Waals surface area contributed by atoms with Gasteiger partial charge in [0.2, 0.25) is 0 Å². The smallest absolute Gasteiger partial charge is 0.267 e. The van der Waals surface area contributed by atoms with E-state index in [0.717, 1.165) is 22.4 Å². The average molecular weight is 284 g/mol. The van der Waals surface area contributed by atoms with Crippen molar-refractivity contribution in [3.63, 3.8) is 0 Å². The summed E-state index contributed by atoms with van der Waals surface area (Å²) in [7, 11) is 1.63. The van der Waals surface area contributed by atoms with Gasteiger partial charge in [-0.25, -0.2) is 0 Å². The fourth-order valence-electron chi connectivity index (χ4n) is 2.52. The van der Waals surface area contributed by atoms with Crippen molar-refractivity contribution in [3.05, 3.63) is 48.0 Å². The third-order valence-corrected chi connectivity index (χ3v) is 3.70. The van der Waals surface area contributed by atoms with E-state index in [1.54, 1.807) is 13.2 Å². The first-order chi connectivity index (χ1) is 10.1. The molecule has 0 aliphatic carbocycles. The van der Waals surface area contributed by atoms with Gasteiger partial charge in [0.25, 0.3) is 5.91 Å². The maximum Gasteiger partial charge on any atom is 0.267 e. The summed E-state index contributed by atoms with van der Waals surface area (Å²) in [6.07, 6.45) is 0.426. The highest BCUT2D eigenvalue weighted by atomic mass is 16.5.